The fourth-order valence-electron chi connectivity index (χ4n) is 1.37. The number of hydrogen-bond donors (Lipinski definition) is 1. The fourth-order valence-corrected chi connectivity index (χ4v) is 1.37. The molecule has 72 valence electrons. The van der Waals surface area contributed by atoms with Gasteiger partial charge < -0.3 is 9.64 Å². The molecule has 0 aromatic rings. The van der Waals surface area contributed by atoms with Crippen LogP contribution in [0.15, 0.2) is 0 Å². The second-order valence-electron chi connectivity index (χ2n) is 3.36. The SMILES string of the molecule is CNN(C)C[C@@H]1CN(C)CCO1. The number of likely N-dealkylation sites (N-methyl/N-ethyl adjacent to an activating group) is 2. The second-order valence-corrected chi connectivity index (χ2v) is 3.36. The molecule has 1 N–H and O–H groups in total. The third-order valence-corrected chi connectivity index (χ3v) is 2.20. The van der Waals surface area contributed by atoms with Crippen molar-refractivity contribution in [1.82, 2.24) is 15.3 Å². The van der Waals surface area contributed by atoms with Crippen molar-refractivity contribution in [1.29, 1.82) is 0 Å². The maximum Gasteiger partial charge on any atom is 0.0843 e. The van der Waals surface area contributed by atoms with Crippen LogP contribution in [0, 0.1) is 0 Å². The molecule has 0 bridgehead atoms. The van der Waals surface area contributed by atoms with Crippen molar-refractivity contribution < 1.29 is 4.74 Å². The Morgan fingerprint density at radius 2 is 2.42 bits per heavy atom. The average molecular weight is 173 g/mol. The Kier molecular flexibility index (Phi) is 3.94. The number of ether oxygens (including phenoxy) is 1. The quantitative estimate of drug-likeness (QED) is 0.576. The van der Waals surface area contributed by atoms with Gasteiger partial charge in [-0.05, 0) is 14.1 Å². The number of nitrogens with one attached hydrogen (secondary N) is 1. The molecule has 1 aliphatic rings. The standard InChI is InChI=1S/C8H19N3O/c1-9-11(3)7-8-6-10(2)4-5-12-8/h8-9H,4-7H2,1-3H3/t8-/m0/s1. The highest BCUT2D eigenvalue weighted by atomic mass is 16.5. The van der Waals surface area contributed by atoms with E-state index in [1.807, 2.05) is 19.1 Å². The lowest BCUT2D eigenvalue weighted by atomic mass is 10.3. The van der Waals surface area contributed by atoms with Gasteiger partial charge in [0.15, 0.2) is 0 Å². The summed E-state index contributed by atoms with van der Waals surface area (Å²) in [7, 11) is 6.08. The largest absolute Gasteiger partial charge is 0.374 e. The Morgan fingerprint density at radius 1 is 1.67 bits per heavy atom. The van der Waals surface area contributed by atoms with Crippen LogP contribution in [0.1, 0.15) is 0 Å². The molecule has 0 amide bonds. The number of hydrogen-bond acceptors (Lipinski definition) is 4. The van der Waals surface area contributed by atoms with E-state index in [0.717, 1.165) is 26.2 Å². The summed E-state index contributed by atoms with van der Waals surface area (Å²) >= 11 is 0. The minimum absolute atomic E-state index is 0.348. The van der Waals surface area contributed by atoms with Crippen LogP contribution in [0.25, 0.3) is 0 Å². The summed E-state index contributed by atoms with van der Waals surface area (Å²) in [5.41, 5.74) is 3.06. The van der Waals surface area contributed by atoms with E-state index in [-0.39, 0.29) is 0 Å². The Bertz CT molecular complexity index is 131. The van der Waals surface area contributed by atoms with Gasteiger partial charge in [0.05, 0.1) is 12.7 Å². The highest BCUT2D eigenvalue weighted by molar-refractivity contribution is 4.70. The zero-order valence-electron chi connectivity index (χ0n) is 8.21. The van der Waals surface area contributed by atoms with Gasteiger partial charge in [-0.25, -0.2) is 5.01 Å². The highest BCUT2D eigenvalue weighted by Crippen LogP contribution is 2.02. The molecular weight excluding hydrogens is 154 g/mol. The first-order chi connectivity index (χ1) is 5.72. The van der Waals surface area contributed by atoms with Crippen LogP contribution in [0.2, 0.25) is 0 Å². The van der Waals surface area contributed by atoms with Crippen LogP contribution < -0.4 is 5.43 Å². The minimum Gasteiger partial charge on any atom is -0.374 e. The number of morpholine rings is 1. The van der Waals surface area contributed by atoms with Crippen molar-refractivity contribution >= 4 is 0 Å². The molecule has 12 heavy (non-hydrogen) atoms. The molecule has 0 saturated carbocycles. The first-order valence-corrected chi connectivity index (χ1v) is 4.41. The van der Waals surface area contributed by atoms with E-state index in [9.17, 15) is 0 Å². The van der Waals surface area contributed by atoms with Gasteiger partial charge in [0.1, 0.15) is 0 Å². The van der Waals surface area contributed by atoms with Gasteiger partial charge in [-0.3, -0.25) is 5.43 Å². The van der Waals surface area contributed by atoms with E-state index < -0.39 is 0 Å². The van der Waals surface area contributed by atoms with Crippen LogP contribution in [0.4, 0.5) is 0 Å². The molecule has 0 aliphatic carbocycles. The van der Waals surface area contributed by atoms with Gasteiger partial charge >= 0.3 is 0 Å². The summed E-state index contributed by atoms with van der Waals surface area (Å²) in [6.45, 7) is 3.89. The predicted octanol–water partition coefficient (Wildman–Crippen LogP) is -0.617. The van der Waals surface area contributed by atoms with Gasteiger partial charge in [0, 0.05) is 26.7 Å². The topological polar surface area (TPSA) is 27.7 Å². The summed E-state index contributed by atoms with van der Waals surface area (Å²) in [5, 5.41) is 2.05. The van der Waals surface area contributed by atoms with Crippen molar-refractivity contribution in [3.05, 3.63) is 0 Å². The zero-order chi connectivity index (χ0) is 8.97. The van der Waals surface area contributed by atoms with Gasteiger partial charge in [0.2, 0.25) is 0 Å². The van der Waals surface area contributed by atoms with Crippen LogP contribution in [-0.2, 0) is 4.74 Å². The maximum absolute atomic E-state index is 5.60. The van der Waals surface area contributed by atoms with E-state index in [0.29, 0.717) is 6.10 Å². The molecule has 0 unspecified atom stereocenters. The molecule has 4 nitrogen and oxygen atoms in total. The molecule has 1 fully saturated rings. The molecular formula is C8H19N3O. The number of rotatable bonds is 3. The third-order valence-electron chi connectivity index (χ3n) is 2.20. The van der Waals surface area contributed by atoms with E-state index in [1.54, 1.807) is 0 Å². The van der Waals surface area contributed by atoms with Crippen molar-refractivity contribution in [2.45, 2.75) is 6.10 Å². The van der Waals surface area contributed by atoms with Gasteiger partial charge in [-0.1, -0.05) is 0 Å². The second kappa shape index (κ2) is 4.77. The lowest BCUT2D eigenvalue weighted by Crippen LogP contribution is -2.47. The zero-order valence-corrected chi connectivity index (χ0v) is 8.21. The maximum atomic E-state index is 5.60. The van der Waals surface area contributed by atoms with Crippen LogP contribution in [0.5, 0.6) is 0 Å². The molecule has 0 aromatic heterocycles. The summed E-state index contributed by atoms with van der Waals surface area (Å²) < 4.78 is 5.60. The van der Waals surface area contributed by atoms with E-state index in [1.165, 1.54) is 0 Å². The fraction of sp³-hybridized carbons (Fsp3) is 1.00. The molecule has 4 heteroatoms. The summed E-state index contributed by atoms with van der Waals surface area (Å²) in [4.78, 5) is 2.30. The van der Waals surface area contributed by atoms with Crippen molar-refractivity contribution in [3.8, 4) is 0 Å². The van der Waals surface area contributed by atoms with Crippen molar-refractivity contribution in [2.75, 3.05) is 47.4 Å². The molecule has 0 radical (unpaired) electrons. The van der Waals surface area contributed by atoms with E-state index in [4.69, 9.17) is 4.74 Å². The molecule has 1 atom stereocenters. The Morgan fingerprint density at radius 3 is 3.00 bits per heavy atom. The highest BCUT2D eigenvalue weighted by Gasteiger charge is 2.18. The normalized spacial score (nSPS) is 26.5. The molecule has 1 heterocycles. The minimum atomic E-state index is 0.348. The molecule has 1 aliphatic heterocycles. The van der Waals surface area contributed by atoms with Crippen LogP contribution >= 0.6 is 0 Å². The van der Waals surface area contributed by atoms with Crippen molar-refractivity contribution in [2.24, 2.45) is 0 Å². The lowest BCUT2D eigenvalue weighted by Gasteiger charge is -2.32. The van der Waals surface area contributed by atoms with Gasteiger partial charge in [-0.15, -0.1) is 0 Å². The molecule has 1 rings (SSSR count). The van der Waals surface area contributed by atoms with Crippen molar-refractivity contribution in [3.63, 3.8) is 0 Å². The Balaban J connectivity index is 2.22. The average Bonchev–Trinajstić information content (AvgIpc) is 2.04. The van der Waals surface area contributed by atoms with Crippen LogP contribution in [-0.4, -0.2) is 63.4 Å². The molecule has 1 saturated heterocycles. The Labute approximate surface area is 74.4 Å². The summed E-state index contributed by atoms with van der Waals surface area (Å²) in [5.74, 6) is 0. The number of hydrazine groups is 1. The summed E-state index contributed by atoms with van der Waals surface area (Å²) in [6.07, 6.45) is 0.348. The van der Waals surface area contributed by atoms with E-state index in [2.05, 4.69) is 17.4 Å². The van der Waals surface area contributed by atoms with E-state index >= 15 is 0 Å². The monoisotopic (exact) mass is 173 g/mol. The predicted molar refractivity (Wildman–Crippen MR) is 48.9 cm³/mol. The van der Waals surface area contributed by atoms with Gasteiger partial charge in [0.25, 0.3) is 0 Å². The summed E-state index contributed by atoms with van der Waals surface area (Å²) in [6, 6.07) is 0. The smallest absolute Gasteiger partial charge is 0.0843 e. The molecule has 0 spiro atoms. The first-order valence-electron chi connectivity index (χ1n) is 4.41. The Hall–Kier alpha value is -0.160. The van der Waals surface area contributed by atoms with Crippen LogP contribution in [0.3, 0.4) is 0 Å². The lowest BCUT2D eigenvalue weighted by molar-refractivity contribution is -0.0374. The first kappa shape index (κ1) is 9.92. The van der Waals surface area contributed by atoms with Gasteiger partial charge in [-0.2, -0.15) is 0 Å². The third kappa shape index (κ3) is 3.06. The number of nitrogens with zero attached hydrogens (tertiary/aromatic N) is 2. The molecule has 0 aromatic carbocycles.